The lowest BCUT2D eigenvalue weighted by Gasteiger charge is -2.29. The number of amides is 2. The number of carbonyl (C=O) groups is 2. The number of nitrogens with zero attached hydrogens (tertiary/aromatic N) is 3. The van der Waals surface area contributed by atoms with E-state index in [1.807, 2.05) is 45.0 Å². The van der Waals surface area contributed by atoms with Gasteiger partial charge in [0.25, 0.3) is 11.8 Å². The van der Waals surface area contributed by atoms with E-state index in [0.717, 1.165) is 16.9 Å². The van der Waals surface area contributed by atoms with E-state index in [1.54, 1.807) is 35.0 Å². The Morgan fingerprint density at radius 1 is 0.968 bits per heavy atom. The van der Waals surface area contributed by atoms with Crippen molar-refractivity contribution in [2.45, 2.75) is 20.8 Å². The first-order chi connectivity index (χ1) is 14.8. The molecule has 0 radical (unpaired) electrons. The smallest absolute Gasteiger partial charge is 0.270 e. The fourth-order valence-corrected chi connectivity index (χ4v) is 3.83. The van der Waals surface area contributed by atoms with Crippen molar-refractivity contribution in [3.05, 3.63) is 81.6 Å². The van der Waals surface area contributed by atoms with Gasteiger partial charge < -0.3 is 0 Å². The summed E-state index contributed by atoms with van der Waals surface area (Å²) in [4.78, 5) is 27.1. The second kappa shape index (κ2) is 8.09. The molecule has 0 unspecified atom stereocenters. The number of anilines is 1. The van der Waals surface area contributed by atoms with E-state index in [1.165, 1.54) is 4.90 Å². The normalized spacial score (nSPS) is 15.5. The van der Waals surface area contributed by atoms with E-state index >= 15 is 0 Å². The van der Waals surface area contributed by atoms with Crippen molar-refractivity contribution in [2.75, 3.05) is 4.90 Å². The van der Waals surface area contributed by atoms with Crippen LogP contribution in [0.15, 0.2) is 54.1 Å². The highest BCUT2D eigenvalue weighted by molar-refractivity contribution is 7.80. The van der Waals surface area contributed by atoms with Crippen molar-refractivity contribution >= 4 is 52.5 Å². The van der Waals surface area contributed by atoms with Gasteiger partial charge in [-0.2, -0.15) is 5.10 Å². The largest absolute Gasteiger partial charge is 0.298 e. The third-order valence-corrected chi connectivity index (χ3v) is 5.64. The molecule has 156 valence electrons. The highest BCUT2D eigenvalue weighted by Crippen LogP contribution is 2.26. The van der Waals surface area contributed by atoms with Gasteiger partial charge in [-0.15, -0.1) is 0 Å². The molecule has 1 aliphatic heterocycles. The number of carbonyl (C=O) groups excluding carboxylic acids is 2. The van der Waals surface area contributed by atoms with E-state index in [4.69, 9.17) is 23.8 Å². The van der Waals surface area contributed by atoms with Crippen LogP contribution in [0.25, 0.3) is 11.8 Å². The first-order valence-corrected chi connectivity index (χ1v) is 10.3. The van der Waals surface area contributed by atoms with E-state index in [-0.39, 0.29) is 10.7 Å². The van der Waals surface area contributed by atoms with Gasteiger partial charge in [-0.05, 0) is 75.5 Å². The number of nitrogens with one attached hydrogen (secondary N) is 1. The number of aromatic nitrogens is 2. The zero-order valence-corrected chi connectivity index (χ0v) is 18.7. The maximum atomic E-state index is 13.2. The third kappa shape index (κ3) is 3.89. The average Bonchev–Trinajstić information content (AvgIpc) is 3.01. The lowest BCUT2D eigenvalue weighted by Crippen LogP contribution is -2.54. The Balaban J connectivity index is 1.76. The zero-order valence-electron chi connectivity index (χ0n) is 17.1. The molecule has 2 heterocycles. The van der Waals surface area contributed by atoms with Crippen LogP contribution < -0.4 is 10.2 Å². The first-order valence-electron chi connectivity index (χ1n) is 9.56. The second-order valence-corrected chi connectivity index (χ2v) is 8.09. The van der Waals surface area contributed by atoms with Crippen molar-refractivity contribution in [2.24, 2.45) is 0 Å². The van der Waals surface area contributed by atoms with E-state index < -0.39 is 11.8 Å². The Morgan fingerprint density at radius 3 is 2.23 bits per heavy atom. The molecular weight excluding hydrogens is 432 g/mol. The summed E-state index contributed by atoms with van der Waals surface area (Å²) in [5.74, 6) is -1.04. The predicted molar refractivity (Wildman–Crippen MR) is 125 cm³/mol. The summed E-state index contributed by atoms with van der Waals surface area (Å²) in [6.45, 7) is 5.76. The molecule has 0 spiro atoms. The molecule has 2 amide bonds. The Kier molecular flexibility index (Phi) is 5.47. The highest BCUT2D eigenvalue weighted by Gasteiger charge is 2.35. The summed E-state index contributed by atoms with van der Waals surface area (Å²) in [5.41, 5.74) is 4.79. The van der Waals surface area contributed by atoms with Gasteiger partial charge in [0.15, 0.2) is 5.11 Å². The molecule has 1 aromatic heterocycles. The SMILES string of the molecule is Cc1ccc(-n2nc(C)c(/C=C3\C(=O)NC(=S)N(c4ccc(Cl)cc4)C3=O)c2C)cc1. The third-order valence-electron chi connectivity index (χ3n) is 5.10. The molecule has 6 nitrogen and oxygen atoms in total. The van der Waals surface area contributed by atoms with Crippen LogP contribution in [0.1, 0.15) is 22.5 Å². The molecule has 4 rings (SSSR count). The molecule has 0 atom stereocenters. The standard InChI is InChI=1S/C23H19ClN4O2S/c1-13-4-8-18(9-5-13)28-15(3)19(14(2)26-28)12-20-21(29)25-23(31)27(22(20)30)17-10-6-16(24)7-11-17/h4-12H,1-3H3,(H,25,29,31)/b20-12+. The van der Waals surface area contributed by atoms with Crippen LogP contribution in [0, 0.1) is 20.8 Å². The summed E-state index contributed by atoms with van der Waals surface area (Å²) in [5, 5.41) is 7.76. The number of hydrogen-bond donors (Lipinski definition) is 1. The molecule has 8 heteroatoms. The van der Waals surface area contributed by atoms with Crippen LogP contribution in [0.5, 0.6) is 0 Å². The number of halogens is 1. The van der Waals surface area contributed by atoms with E-state index in [0.29, 0.717) is 22.0 Å². The molecular formula is C23H19ClN4O2S. The molecule has 1 aliphatic rings. The van der Waals surface area contributed by atoms with Crippen molar-refractivity contribution in [3.63, 3.8) is 0 Å². The van der Waals surface area contributed by atoms with Gasteiger partial charge in [0.2, 0.25) is 0 Å². The Morgan fingerprint density at radius 2 is 1.58 bits per heavy atom. The van der Waals surface area contributed by atoms with Crippen LogP contribution in [-0.4, -0.2) is 26.7 Å². The lowest BCUT2D eigenvalue weighted by molar-refractivity contribution is -0.122. The van der Waals surface area contributed by atoms with Gasteiger partial charge >= 0.3 is 0 Å². The van der Waals surface area contributed by atoms with Gasteiger partial charge in [0.1, 0.15) is 5.57 Å². The number of rotatable bonds is 3. The second-order valence-electron chi connectivity index (χ2n) is 7.27. The Bertz CT molecular complexity index is 1240. The lowest BCUT2D eigenvalue weighted by atomic mass is 10.1. The summed E-state index contributed by atoms with van der Waals surface area (Å²) in [6, 6.07) is 14.6. The molecule has 1 saturated heterocycles. The minimum Gasteiger partial charge on any atom is -0.298 e. The number of aryl methyl sites for hydroxylation is 2. The molecule has 1 fully saturated rings. The predicted octanol–water partition coefficient (Wildman–Crippen LogP) is 4.28. The number of thiocarbonyl (C=S) groups is 1. The summed E-state index contributed by atoms with van der Waals surface area (Å²) in [7, 11) is 0. The highest BCUT2D eigenvalue weighted by atomic mass is 35.5. The molecule has 3 aromatic rings. The van der Waals surface area contributed by atoms with Gasteiger partial charge in [-0.3, -0.25) is 19.8 Å². The first kappa shape index (κ1) is 21.0. The van der Waals surface area contributed by atoms with Crippen molar-refractivity contribution in [3.8, 4) is 5.69 Å². The molecule has 0 aliphatic carbocycles. The van der Waals surface area contributed by atoms with Gasteiger partial charge in [0.05, 0.1) is 17.1 Å². The average molecular weight is 451 g/mol. The van der Waals surface area contributed by atoms with Crippen LogP contribution in [-0.2, 0) is 9.59 Å². The van der Waals surface area contributed by atoms with Crippen LogP contribution in [0.3, 0.4) is 0 Å². The monoisotopic (exact) mass is 450 g/mol. The van der Waals surface area contributed by atoms with Crippen LogP contribution in [0.4, 0.5) is 5.69 Å². The molecule has 0 bridgehead atoms. The fourth-order valence-electron chi connectivity index (χ4n) is 3.43. The number of hydrogen-bond acceptors (Lipinski definition) is 4. The molecule has 0 saturated carbocycles. The van der Waals surface area contributed by atoms with Gasteiger partial charge in [-0.1, -0.05) is 29.3 Å². The Labute approximate surface area is 190 Å². The van der Waals surface area contributed by atoms with E-state index in [9.17, 15) is 9.59 Å². The Hall–Kier alpha value is -3.29. The summed E-state index contributed by atoms with van der Waals surface area (Å²) >= 11 is 11.2. The van der Waals surface area contributed by atoms with Crippen LogP contribution in [0.2, 0.25) is 5.02 Å². The summed E-state index contributed by atoms with van der Waals surface area (Å²) in [6.07, 6.45) is 1.57. The van der Waals surface area contributed by atoms with Gasteiger partial charge in [-0.25, -0.2) is 4.68 Å². The minimum atomic E-state index is -0.540. The van der Waals surface area contributed by atoms with Gasteiger partial charge in [0, 0.05) is 16.3 Å². The van der Waals surface area contributed by atoms with Crippen molar-refractivity contribution in [1.29, 1.82) is 0 Å². The van der Waals surface area contributed by atoms with Crippen LogP contribution >= 0.6 is 23.8 Å². The molecule has 2 aromatic carbocycles. The maximum Gasteiger partial charge on any atom is 0.270 e. The zero-order chi connectivity index (χ0) is 22.3. The maximum absolute atomic E-state index is 13.2. The molecule has 31 heavy (non-hydrogen) atoms. The molecule has 1 N–H and O–H groups in total. The quantitative estimate of drug-likeness (QED) is 0.367. The van der Waals surface area contributed by atoms with Crippen molar-refractivity contribution in [1.82, 2.24) is 15.1 Å². The fraction of sp³-hybridized carbons (Fsp3) is 0.130. The van der Waals surface area contributed by atoms with E-state index in [2.05, 4.69) is 10.4 Å². The topological polar surface area (TPSA) is 67.2 Å². The van der Waals surface area contributed by atoms with Crippen molar-refractivity contribution < 1.29 is 9.59 Å². The summed E-state index contributed by atoms with van der Waals surface area (Å²) < 4.78 is 1.80. The number of benzene rings is 2. The minimum absolute atomic E-state index is 0.0155.